The Morgan fingerprint density at radius 2 is 1.64 bits per heavy atom. The minimum Gasteiger partial charge on any atom is -0.465 e. The van der Waals surface area contributed by atoms with E-state index in [1.54, 1.807) is 50.3 Å². The Hall–Kier alpha value is -2.77. The molecule has 0 aliphatic carbocycles. The van der Waals surface area contributed by atoms with Crippen molar-refractivity contribution in [2.75, 3.05) is 13.2 Å². The predicted octanol–water partition coefficient (Wildman–Crippen LogP) is 2.62. The van der Waals surface area contributed by atoms with Gasteiger partial charge in [0.1, 0.15) is 5.92 Å². The summed E-state index contributed by atoms with van der Waals surface area (Å²) < 4.78 is 9.84. The molecule has 0 fully saturated rings. The van der Waals surface area contributed by atoms with Gasteiger partial charge in [0, 0.05) is 11.3 Å². The molecule has 0 aliphatic heterocycles. The number of nitriles is 2. The monoisotopic (exact) mass is 358 g/mol. The van der Waals surface area contributed by atoms with Gasteiger partial charge in [-0.05, 0) is 31.5 Å². The summed E-state index contributed by atoms with van der Waals surface area (Å²) in [4.78, 5) is 24.0. The Balaban J connectivity index is 2.93. The standard InChI is InChI=1S/C18H18N2O4S/c1-3-23-17(21)13-7-5-12(6-8-13)9-15(25)16(14(10-19)11-20)18(22)24-4-2/h5-8,14,16H,3-4,9H2,1-2H3. The molecule has 130 valence electrons. The lowest BCUT2D eigenvalue weighted by Gasteiger charge is -2.17. The van der Waals surface area contributed by atoms with Gasteiger partial charge in [-0.15, -0.1) is 0 Å². The van der Waals surface area contributed by atoms with Crippen molar-refractivity contribution in [2.24, 2.45) is 11.8 Å². The molecular formula is C18H18N2O4S. The Labute approximate surface area is 152 Å². The van der Waals surface area contributed by atoms with E-state index in [2.05, 4.69) is 0 Å². The van der Waals surface area contributed by atoms with Crippen molar-refractivity contribution in [2.45, 2.75) is 20.3 Å². The fourth-order valence-corrected chi connectivity index (χ4v) is 2.55. The maximum Gasteiger partial charge on any atom is 0.338 e. The first-order chi connectivity index (χ1) is 12.0. The molecule has 0 radical (unpaired) electrons. The molecule has 0 N–H and O–H groups in total. The van der Waals surface area contributed by atoms with E-state index in [9.17, 15) is 9.59 Å². The van der Waals surface area contributed by atoms with Crippen molar-refractivity contribution in [3.63, 3.8) is 0 Å². The summed E-state index contributed by atoms with van der Waals surface area (Å²) in [5, 5.41) is 18.2. The lowest BCUT2D eigenvalue weighted by molar-refractivity contribution is -0.146. The number of hydrogen-bond acceptors (Lipinski definition) is 7. The van der Waals surface area contributed by atoms with Crippen LogP contribution in [0.3, 0.4) is 0 Å². The Kier molecular flexibility index (Phi) is 8.25. The highest BCUT2D eigenvalue weighted by atomic mass is 32.1. The topological polar surface area (TPSA) is 100 Å². The third-order valence-corrected chi connectivity index (χ3v) is 3.74. The minimum atomic E-state index is -1.20. The van der Waals surface area contributed by atoms with Gasteiger partial charge in [0.25, 0.3) is 0 Å². The maximum atomic E-state index is 12.1. The first-order valence-corrected chi connectivity index (χ1v) is 8.13. The number of rotatable bonds is 8. The van der Waals surface area contributed by atoms with Crippen LogP contribution in [-0.2, 0) is 20.7 Å². The average molecular weight is 358 g/mol. The zero-order valence-electron chi connectivity index (χ0n) is 14.0. The zero-order valence-corrected chi connectivity index (χ0v) is 14.8. The van der Waals surface area contributed by atoms with E-state index >= 15 is 0 Å². The molecule has 0 spiro atoms. The van der Waals surface area contributed by atoms with Gasteiger partial charge >= 0.3 is 11.9 Å². The van der Waals surface area contributed by atoms with E-state index in [1.807, 2.05) is 0 Å². The molecule has 6 nitrogen and oxygen atoms in total. The van der Waals surface area contributed by atoms with Gasteiger partial charge in [0.2, 0.25) is 0 Å². The van der Waals surface area contributed by atoms with Gasteiger partial charge in [0.05, 0.1) is 30.9 Å². The van der Waals surface area contributed by atoms with Crippen molar-refractivity contribution in [3.05, 3.63) is 35.4 Å². The van der Waals surface area contributed by atoms with Gasteiger partial charge in [-0.2, -0.15) is 10.5 Å². The average Bonchev–Trinajstić information content (AvgIpc) is 2.60. The van der Waals surface area contributed by atoms with Crippen LogP contribution in [-0.4, -0.2) is 30.0 Å². The minimum absolute atomic E-state index is 0.135. The number of thiocarbonyl (C=S) groups is 1. The molecule has 1 unspecified atom stereocenters. The van der Waals surface area contributed by atoms with Crippen LogP contribution >= 0.6 is 12.2 Å². The number of esters is 2. The summed E-state index contributed by atoms with van der Waals surface area (Å²) in [6.45, 7) is 3.78. The molecule has 1 aromatic rings. The van der Waals surface area contributed by atoms with Crippen molar-refractivity contribution in [3.8, 4) is 12.1 Å². The van der Waals surface area contributed by atoms with Crippen LogP contribution in [0.1, 0.15) is 29.8 Å². The Morgan fingerprint density at radius 1 is 1.08 bits per heavy atom. The second-order valence-electron chi connectivity index (χ2n) is 5.03. The van der Waals surface area contributed by atoms with Crippen LogP contribution in [0.5, 0.6) is 0 Å². The van der Waals surface area contributed by atoms with E-state index in [1.165, 1.54) is 0 Å². The summed E-state index contributed by atoms with van der Waals surface area (Å²) in [7, 11) is 0. The highest BCUT2D eigenvalue weighted by molar-refractivity contribution is 7.80. The van der Waals surface area contributed by atoms with Crippen LogP contribution < -0.4 is 0 Å². The largest absolute Gasteiger partial charge is 0.465 e. The van der Waals surface area contributed by atoms with Gasteiger partial charge in [0.15, 0.2) is 5.92 Å². The molecule has 0 amide bonds. The van der Waals surface area contributed by atoms with Crippen LogP contribution in [0.4, 0.5) is 0 Å². The molecule has 0 heterocycles. The molecule has 0 aliphatic rings. The zero-order chi connectivity index (χ0) is 18.8. The maximum absolute atomic E-state index is 12.1. The molecule has 1 aromatic carbocycles. The second kappa shape index (κ2) is 10.2. The van der Waals surface area contributed by atoms with Crippen molar-refractivity contribution in [1.29, 1.82) is 10.5 Å². The summed E-state index contributed by atoms with van der Waals surface area (Å²) in [5.74, 6) is -3.39. The lowest BCUT2D eigenvalue weighted by atomic mass is 9.88. The quantitative estimate of drug-likeness (QED) is 0.520. The SMILES string of the molecule is CCOC(=O)c1ccc(CC(=S)C(C(=O)OCC)C(C#N)C#N)cc1. The van der Waals surface area contributed by atoms with Gasteiger partial charge < -0.3 is 9.47 Å². The second-order valence-corrected chi connectivity index (χ2v) is 5.55. The van der Waals surface area contributed by atoms with Gasteiger partial charge in [-0.1, -0.05) is 24.4 Å². The number of benzene rings is 1. The molecule has 1 atom stereocenters. The summed E-state index contributed by atoms with van der Waals surface area (Å²) >= 11 is 5.29. The fraction of sp³-hybridized carbons (Fsp3) is 0.389. The molecule has 25 heavy (non-hydrogen) atoms. The Morgan fingerprint density at radius 3 is 2.12 bits per heavy atom. The normalized spacial score (nSPS) is 11.1. The molecule has 0 aromatic heterocycles. The smallest absolute Gasteiger partial charge is 0.338 e. The van der Waals surface area contributed by atoms with E-state index in [-0.39, 0.29) is 24.5 Å². The number of hydrogen-bond donors (Lipinski definition) is 0. The molecule has 0 saturated carbocycles. The number of nitrogens with zero attached hydrogens (tertiary/aromatic N) is 2. The highest BCUT2D eigenvalue weighted by Gasteiger charge is 2.33. The van der Waals surface area contributed by atoms with E-state index in [0.29, 0.717) is 5.56 Å². The molecule has 1 rings (SSSR count). The van der Waals surface area contributed by atoms with Crippen molar-refractivity contribution < 1.29 is 19.1 Å². The molecule has 0 saturated heterocycles. The third-order valence-electron chi connectivity index (χ3n) is 3.34. The highest BCUT2D eigenvalue weighted by Crippen LogP contribution is 2.19. The summed E-state index contributed by atoms with van der Waals surface area (Å²) in [6, 6.07) is 10.1. The molecular weight excluding hydrogens is 340 g/mol. The van der Waals surface area contributed by atoms with Crippen LogP contribution in [0.15, 0.2) is 24.3 Å². The van der Waals surface area contributed by atoms with E-state index in [4.69, 9.17) is 32.2 Å². The predicted molar refractivity (Wildman–Crippen MR) is 93.5 cm³/mol. The van der Waals surface area contributed by atoms with Crippen molar-refractivity contribution in [1.82, 2.24) is 0 Å². The first kappa shape index (κ1) is 20.3. The number of carbonyl (C=O) groups excluding carboxylic acids is 2. The van der Waals surface area contributed by atoms with Crippen LogP contribution in [0.2, 0.25) is 0 Å². The van der Waals surface area contributed by atoms with E-state index in [0.717, 1.165) is 5.56 Å². The molecule has 7 heteroatoms. The van der Waals surface area contributed by atoms with Crippen LogP contribution in [0.25, 0.3) is 0 Å². The first-order valence-electron chi connectivity index (χ1n) is 7.73. The van der Waals surface area contributed by atoms with Gasteiger partial charge in [-0.25, -0.2) is 4.79 Å². The summed E-state index contributed by atoms with van der Waals surface area (Å²) in [5.41, 5.74) is 1.16. The van der Waals surface area contributed by atoms with Gasteiger partial charge in [-0.3, -0.25) is 4.79 Å². The lowest BCUT2D eigenvalue weighted by Crippen LogP contribution is -2.32. The third kappa shape index (κ3) is 5.66. The van der Waals surface area contributed by atoms with Crippen LogP contribution in [0, 0.1) is 34.5 Å². The fourth-order valence-electron chi connectivity index (χ4n) is 2.15. The summed E-state index contributed by atoms with van der Waals surface area (Å²) in [6.07, 6.45) is 0.210. The Bertz CT molecular complexity index is 702. The molecule has 0 bridgehead atoms. The van der Waals surface area contributed by atoms with Crippen molar-refractivity contribution >= 4 is 29.0 Å². The van der Waals surface area contributed by atoms with E-state index < -0.39 is 23.8 Å². The number of ether oxygens (including phenoxy) is 2. The number of carbonyl (C=O) groups is 2.